The molecular formula is C27H27N5O4S. The van der Waals surface area contributed by atoms with Gasteiger partial charge < -0.3 is 14.2 Å². The Hall–Kier alpha value is -4.31. The molecule has 0 radical (unpaired) electrons. The molecule has 0 bridgehead atoms. The van der Waals surface area contributed by atoms with Crippen molar-refractivity contribution in [2.45, 2.75) is 12.1 Å². The van der Waals surface area contributed by atoms with Crippen molar-refractivity contribution < 1.29 is 19.0 Å². The lowest BCUT2D eigenvalue weighted by molar-refractivity contribution is -0.118. The molecule has 9 nitrogen and oxygen atoms in total. The number of hydrogen-bond donors (Lipinski definition) is 1. The minimum absolute atomic E-state index is 0.0903. The Balaban J connectivity index is 1.50. The van der Waals surface area contributed by atoms with Crippen molar-refractivity contribution in [2.24, 2.45) is 5.10 Å². The number of carbonyl (C=O) groups is 1. The molecule has 3 aromatic carbocycles. The van der Waals surface area contributed by atoms with Gasteiger partial charge >= 0.3 is 0 Å². The Morgan fingerprint density at radius 1 is 0.973 bits per heavy atom. The standard InChI is InChI=1S/C27H27N5O4S/c1-18-10-12-20(13-11-18)32-26(19-8-6-5-7-9-19)30-31-27(32)37-17-25(33)29-28-16-22-23(35-3)14-21(34-2)15-24(22)36-4/h5-16H,17H2,1-4H3,(H,29,33). The number of hydrazone groups is 1. The van der Waals surface area contributed by atoms with Crippen LogP contribution in [0.3, 0.4) is 0 Å². The fraction of sp³-hybridized carbons (Fsp3) is 0.185. The molecule has 1 N–H and O–H groups in total. The molecule has 0 aliphatic carbocycles. The monoisotopic (exact) mass is 517 g/mol. The second kappa shape index (κ2) is 12.1. The Kier molecular flexibility index (Phi) is 8.42. The highest BCUT2D eigenvalue weighted by Crippen LogP contribution is 2.32. The molecule has 0 saturated carbocycles. The van der Waals surface area contributed by atoms with E-state index in [0.717, 1.165) is 16.8 Å². The molecule has 0 unspecified atom stereocenters. The van der Waals surface area contributed by atoms with E-state index in [1.807, 2.05) is 66.1 Å². The van der Waals surface area contributed by atoms with Gasteiger partial charge in [0.2, 0.25) is 0 Å². The third kappa shape index (κ3) is 6.10. The van der Waals surface area contributed by atoms with E-state index in [1.54, 1.807) is 19.2 Å². The molecule has 0 atom stereocenters. The molecule has 4 aromatic rings. The predicted molar refractivity (Wildman–Crippen MR) is 144 cm³/mol. The van der Waals surface area contributed by atoms with Gasteiger partial charge in [-0.05, 0) is 19.1 Å². The Bertz CT molecular complexity index is 1360. The number of hydrogen-bond acceptors (Lipinski definition) is 8. The summed E-state index contributed by atoms with van der Waals surface area (Å²) in [5.41, 5.74) is 6.11. The third-order valence-corrected chi connectivity index (χ3v) is 6.35. The van der Waals surface area contributed by atoms with Crippen LogP contribution in [0.15, 0.2) is 77.0 Å². The lowest BCUT2D eigenvalue weighted by Gasteiger charge is -2.12. The van der Waals surface area contributed by atoms with Gasteiger partial charge in [-0.2, -0.15) is 5.10 Å². The number of carbonyl (C=O) groups excluding carboxylic acids is 1. The van der Waals surface area contributed by atoms with E-state index in [0.29, 0.717) is 33.8 Å². The molecule has 1 amide bonds. The van der Waals surface area contributed by atoms with Crippen LogP contribution in [0.4, 0.5) is 0 Å². The summed E-state index contributed by atoms with van der Waals surface area (Å²) in [6.07, 6.45) is 1.47. The van der Waals surface area contributed by atoms with Crippen LogP contribution in [0.5, 0.6) is 17.2 Å². The van der Waals surface area contributed by atoms with Crippen molar-refractivity contribution in [3.05, 3.63) is 77.9 Å². The molecule has 0 saturated heterocycles. The maximum absolute atomic E-state index is 12.6. The third-order valence-electron chi connectivity index (χ3n) is 5.43. The first-order chi connectivity index (χ1) is 18.0. The van der Waals surface area contributed by atoms with Crippen LogP contribution in [-0.4, -0.2) is 54.0 Å². The highest BCUT2D eigenvalue weighted by Gasteiger charge is 2.17. The molecule has 10 heteroatoms. The molecule has 37 heavy (non-hydrogen) atoms. The largest absolute Gasteiger partial charge is 0.496 e. The van der Waals surface area contributed by atoms with Crippen LogP contribution >= 0.6 is 11.8 Å². The first-order valence-electron chi connectivity index (χ1n) is 11.4. The molecule has 190 valence electrons. The van der Waals surface area contributed by atoms with Gasteiger partial charge in [-0.1, -0.05) is 59.8 Å². The summed E-state index contributed by atoms with van der Waals surface area (Å²) in [4.78, 5) is 12.6. The van der Waals surface area contributed by atoms with Crippen molar-refractivity contribution in [2.75, 3.05) is 27.1 Å². The van der Waals surface area contributed by atoms with E-state index < -0.39 is 0 Å². The zero-order chi connectivity index (χ0) is 26.2. The maximum atomic E-state index is 12.6. The van der Waals surface area contributed by atoms with Gasteiger partial charge in [-0.15, -0.1) is 10.2 Å². The normalized spacial score (nSPS) is 10.9. The number of rotatable bonds is 10. The summed E-state index contributed by atoms with van der Waals surface area (Å²) in [6, 6.07) is 21.3. The number of nitrogens with zero attached hydrogens (tertiary/aromatic N) is 4. The second-order valence-electron chi connectivity index (χ2n) is 7.87. The molecule has 1 heterocycles. The van der Waals surface area contributed by atoms with Gasteiger partial charge in [0.1, 0.15) is 17.2 Å². The molecular weight excluding hydrogens is 490 g/mol. The quantitative estimate of drug-likeness (QED) is 0.188. The number of aromatic nitrogens is 3. The Morgan fingerprint density at radius 3 is 2.27 bits per heavy atom. The van der Waals surface area contributed by atoms with Gasteiger partial charge in [0, 0.05) is 23.4 Å². The Labute approximate surface area is 219 Å². The molecule has 0 aliphatic rings. The highest BCUT2D eigenvalue weighted by atomic mass is 32.2. The summed E-state index contributed by atoms with van der Waals surface area (Å²) >= 11 is 1.27. The van der Waals surface area contributed by atoms with E-state index >= 15 is 0 Å². The molecule has 0 aliphatic heterocycles. The topological polar surface area (TPSA) is 99.9 Å². The van der Waals surface area contributed by atoms with Crippen molar-refractivity contribution in [3.8, 4) is 34.3 Å². The zero-order valence-corrected chi connectivity index (χ0v) is 21.8. The smallest absolute Gasteiger partial charge is 0.250 e. The summed E-state index contributed by atoms with van der Waals surface area (Å²) in [6.45, 7) is 2.03. The van der Waals surface area contributed by atoms with Gasteiger partial charge in [0.05, 0.1) is 38.9 Å². The van der Waals surface area contributed by atoms with Gasteiger partial charge in [0.15, 0.2) is 11.0 Å². The van der Waals surface area contributed by atoms with Crippen molar-refractivity contribution in [3.63, 3.8) is 0 Å². The van der Waals surface area contributed by atoms with Gasteiger partial charge in [-0.25, -0.2) is 5.43 Å². The number of methoxy groups -OCH3 is 3. The van der Waals surface area contributed by atoms with Crippen LogP contribution in [0.1, 0.15) is 11.1 Å². The average molecular weight is 518 g/mol. The van der Waals surface area contributed by atoms with Crippen molar-refractivity contribution in [1.29, 1.82) is 0 Å². The Morgan fingerprint density at radius 2 is 1.65 bits per heavy atom. The lowest BCUT2D eigenvalue weighted by atomic mass is 10.2. The number of ether oxygens (including phenoxy) is 3. The summed E-state index contributed by atoms with van der Waals surface area (Å²) in [5, 5.41) is 13.5. The minimum atomic E-state index is -0.299. The van der Waals surface area contributed by atoms with E-state index in [4.69, 9.17) is 14.2 Å². The van der Waals surface area contributed by atoms with E-state index in [2.05, 4.69) is 20.7 Å². The predicted octanol–water partition coefficient (Wildman–Crippen LogP) is 4.51. The summed E-state index contributed by atoms with van der Waals surface area (Å²) < 4.78 is 18.0. The SMILES string of the molecule is COc1cc(OC)c(C=NNC(=O)CSc2nnc(-c3ccccc3)n2-c2ccc(C)cc2)c(OC)c1. The van der Waals surface area contributed by atoms with E-state index in [1.165, 1.54) is 32.2 Å². The van der Waals surface area contributed by atoms with Gasteiger partial charge in [-0.3, -0.25) is 9.36 Å². The van der Waals surface area contributed by atoms with E-state index in [-0.39, 0.29) is 11.7 Å². The summed E-state index contributed by atoms with van der Waals surface area (Å²) in [5.74, 6) is 2.08. The van der Waals surface area contributed by atoms with Crippen LogP contribution in [0.2, 0.25) is 0 Å². The number of aryl methyl sites for hydroxylation is 1. The minimum Gasteiger partial charge on any atom is -0.496 e. The summed E-state index contributed by atoms with van der Waals surface area (Å²) in [7, 11) is 4.63. The van der Waals surface area contributed by atoms with Crippen LogP contribution in [0.25, 0.3) is 17.1 Å². The van der Waals surface area contributed by atoms with Gasteiger partial charge in [0.25, 0.3) is 5.91 Å². The fourth-order valence-corrected chi connectivity index (χ4v) is 4.30. The molecule has 4 rings (SSSR count). The van der Waals surface area contributed by atoms with Crippen molar-refractivity contribution in [1.82, 2.24) is 20.2 Å². The number of nitrogens with one attached hydrogen (secondary N) is 1. The van der Waals surface area contributed by atoms with Crippen LogP contribution in [-0.2, 0) is 4.79 Å². The number of benzene rings is 3. The molecule has 1 aromatic heterocycles. The zero-order valence-electron chi connectivity index (χ0n) is 21.0. The van der Waals surface area contributed by atoms with Crippen LogP contribution in [0, 0.1) is 6.92 Å². The maximum Gasteiger partial charge on any atom is 0.250 e. The van der Waals surface area contributed by atoms with E-state index in [9.17, 15) is 4.79 Å². The van der Waals surface area contributed by atoms with Crippen LogP contribution < -0.4 is 19.6 Å². The number of thioether (sulfide) groups is 1. The van der Waals surface area contributed by atoms with Crippen molar-refractivity contribution >= 4 is 23.9 Å². The first-order valence-corrected chi connectivity index (χ1v) is 12.3. The lowest BCUT2D eigenvalue weighted by Crippen LogP contribution is -2.20. The first kappa shape index (κ1) is 25.8. The fourth-order valence-electron chi connectivity index (χ4n) is 3.56. The molecule has 0 spiro atoms. The number of amides is 1. The highest BCUT2D eigenvalue weighted by molar-refractivity contribution is 7.99. The molecule has 0 fully saturated rings. The average Bonchev–Trinajstić information content (AvgIpc) is 3.36. The second-order valence-corrected chi connectivity index (χ2v) is 8.81.